The third-order valence-electron chi connectivity index (χ3n) is 4.34. The second-order valence-corrected chi connectivity index (χ2v) is 7.98. The molecule has 1 heterocycles. The predicted molar refractivity (Wildman–Crippen MR) is 105 cm³/mol. The van der Waals surface area contributed by atoms with Crippen LogP contribution in [0.1, 0.15) is 51.3 Å². The molecule has 0 N–H and O–H groups in total. The fourth-order valence-electron chi connectivity index (χ4n) is 3.45. The van der Waals surface area contributed by atoms with Gasteiger partial charge in [-0.05, 0) is 42.7 Å². The fraction of sp³-hybridized carbons (Fsp3) is 0.409. The summed E-state index contributed by atoms with van der Waals surface area (Å²) in [5, 5.41) is 0. The van der Waals surface area contributed by atoms with Crippen LogP contribution in [0.4, 0.5) is 0 Å². The highest BCUT2D eigenvalue weighted by Gasteiger charge is 2.28. The normalized spacial score (nSPS) is 12.6. The minimum Gasteiger partial charge on any atom is -0.219 e. The molecular weight excluding hydrogens is 306 g/mol. The van der Waals surface area contributed by atoms with E-state index in [9.17, 15) is 0 Å². The lowest BCUT2D eigenvalue weighted by Crippen LogP contribution is -2.25. The quantitative estimate of drug-likeness (QED) is 0.646. The highest BCUT2D eigenvalue weighted by molar-refractivity contribution is 5.56. The summed E-state index contributed by atoms with van der Waals surface area (Å²) in [7, 11) is 0. The SMILES string of the molecule is C=C/C=C/C(C)(C)CC(C)(C)c1cccc(-c2nc(C)nc(C)n2)c1. The Morgan fingerprint density at radius 3 is 2.24 bits per heavy atom. The Morgan fingerprint density at radius 2 is 1.64 bits per heavy atom. The molecule has 0 amide bonds. The van der Waals surface area contributed by atoms with Crippen LogP contribution in [0.5, 0.6) is 0 Å². The molecule has 3 nitrogen and oxygen atoms in total. The monoisotopic (exact) mass is 335 g/mol. The Labute approximate surface area is 152 Å². The summed E-state index contributed by atoms with van der Waals surface area (Å²) in [6, 6.07) is 8.56. The summed E-state index contributed by atoms with van der Waals surface area (Å²) >= 11 is 0. The molecule has 0 unspecified atom stereocenters. The molecule has 0 radical (unpaired) electrons. The Morgan fingerprint density at radius 1 is 1.00 bits per heavy atom. The van der Waals surface area contributed by atoms with Gasteiger partial charge in [0.05, 0.1) is 0 Å². The Hall–Kier alpha value is -2.29. The van der Waals surface area contributed by atoms with Crippen LogP contribution < -0.4 is 0 Å². The number of benzene rings is 1. The van der Waals surface area contributed by atoms with Crippen molar-refractivity contribution in [3.63, 3.8) is 0 Å². The number of aromatic nitrogens is 3. The zero-order chi connectivity index (χ0) is 18.7. The summed E-state index contributed by atoms with van der Waals surface area (Å²) in [4.78, 5) is 13.3. The van der Waals surface area contributed by atoms with Crippen LogP contribution >= 0.6 is 0 Å². The Kier molecular flexibility index (Phi) is 5.56. The Bertz CT molecular complexity index is 765. The highest BCUT2D eigenvalue weighted by Crippen LogP contribution is 2.38. The van der Waals surface area contributed by atoms with E-state index in [2.05, 4.69) is 79.6 Å². The standard InChI is InChI=1S/C22H29N3/c1-8-9-13-21(4,5)15-22(6,7)19-12-10-11-18(14-19)20-24-16(2)23-17(3)25-20/h8-14H,1,15H2,2-7H3/b13-9+. The van der Waals surface area contributed by atoms with Crippen molar-refractivity contribution in [3.05, 3.63) is 66.3 Å². The lowest BCUT2D eigenvalue weighted by molar-refractivity contribution is 0.321. The van der Waals surface area contributed by atoms with Crippen LogP contribution in [0, 0.1) is 19.3 Å². The van der Waals surface area contributed by atoms with Crippen molar-refractivity contribution in [1.82, 2.24) is 15.0 Å². The molecule has 0 bridgehead atoms. The zero-order valence-corrected chi connectivity index (χ0v) is 16.3. The highest BCUT2D eigenvalue weighted by atomic mass is 15.0. The van der Waals surface area contributed by atoms with Crippen molar-refractivity contribution in [2.45, 2.75) is 53.4 Å². The second kappa shape index (κ2) is 7.30. The maximum Gasteiger partial charge on any atom is 0.163 e. The molecule has 0 fully saturated rings. The van der Waals surface area contributed by atoms with E-state index in [-0.39, 0.29) is 10.8 Å². The molecule has 0 aliphatic heterocycles. The summed E-state index contributed by atoms with van der Waals surface area (Å²) in [5.74, 6) is 2.25. The van der Waals surface area contributed by atoms with Gasteiger partial charge in [-0.3, -0.25) is 0 Å². The third kappa shape index (κ3) is 5.09. The first-order valence-corrected chi connectivity index (χ1v) is 8.73. The molecule has 1 aromatic heterocycles. The van der Waals surface area contributed by atoms with Crippen LogP contribution in [0.25, 0.3) is 11.4 Å². The zero-order valence-electron chi connectivity index (χ0n) is 16.3. The fourth-order valence-corrected chi connectivity index (χ4v) is 3.45. The van der Waals surface area contributed by atoms with E-state index >= 15 is 0 Å². The molecule has 1 aromatic carbocycles. The van der Waals surface area contributed by atoms with Crippen LogP contribution in [-0.2, 0) is 5.41 Å². The van der Waals surface area contributed by atoms with Crippen molar-refractivity contribution >= 4 is 0 Å². The van der Waals surface area contributed by atoms with Gasteiger partial charge in [-0.15, -0.1) is 0 Å². The van der Waals surface area contributed by atoms with E-state index in [1.807, 2.05) is 26.0 Å². The third-order valence-corrected chi connectivity index (χ3v) is 4.34. The maximum atomic E-state index is 4.50. The van der Waals surface area contributed by atoms with Gasteiger partial charge in [-0.25, -0.2) is 15.0 Å². The van der Waals surface area contributed by atoms with Gasteiger partial charge in [0.15, 0.2) is 5.82 Å². The Balaban J connectivity index is 2.36. The molecule has 2 rings (SSSR count). The topological polar surface area (TPSA) is 38.7 Å². The summed E-state index contributed by atoms with van der Waals surface area (Å²) in [6.45, 7) is 16.7. The second-order valence-electron chi connectivity index (χ2n) is 7.98. The van der Waals surface area contributed by atoms with E-state index < -0.39 is 0 Å². The molecule has 0 saturated carbocycles. The molecule has 2 aromatic rings. The number of hydrogen-bond donors (Lipinski definition) is 0. The molecule has 0 spiro atoms. The average molecular weight is 335 g/mol. The predicted octanol–water partition coefficient (Wildman–Crippen LogP) is 5.59. The molecule has 3 heteroatoms. The summed E-state index contributed by atoms with van der Waals surface area (Å²) in [5.41, 5.74) is 2.45. The minimum absolute atomic E-state index is 0.0299. The number of hydrogen-bond acceptors (Lipinski definition) is 3. The van der Waals surface area contributed by atoms with Crippen molar-refractivity contribution in [3.8, 4) is 11.4 Å². The van der Waals surface area contributed by atoms with Gasteiger partial charge in [0.1, 0.15) is 11.6 Å². The van der Waals surface area contributed by atoms with Crippen LogP contribution in [0.3, 0.4) is 0 Å². The van der Waals surface area contributed by atoms with E-state index in [1.165, 1.54) is 5.56 Å². The number of nitrogens with zero attached hydrogens (tertiary/aromatic N) is 3. The van der Waals surface area contributed by atoms with Gasteiger partial charge in [-0.1, -0.05) is 70.7 Å². The van der Waals surface area contributed by atoms with E-state index in [1.54, 1.807) is 0 Å². The lowest BCUT2D eigenvalue weighted by atomic mass is 9.71. The molecule has 0 saturated heterocycles. The van der Waals surface area contributed by atoms with Crippen LogP contribution in [0.15, 0.2) is 49.1 Å². The van der Waals surface area contributed by atoms with Gasteiger partial charge < -0.3 is 0 Å². The first-order valence-electron chi connectivity index (χ1n) is 8.73. The van der Waals surface area contributed by atoms with Crippen molar-refractivity contribution in [1.29, 1.82) is 0 Å². The van der Waals surface area contributed by atoms with Crippen molar-refractivity contribution < 1.29 is 0 Å². The number of rotatable bonds is 6. The first-order chi connectivity index (χ1) is 11.6. The van der Waals surface area contributed by atoms with Crippen molar-refractivity contribution in [2.24, 2.45) is 5.41 Å². The summed E-state index contributed by atoms with van der Waals surface area (Å²) < 4.78 is 0. The first kappa shape index (κ1) is 19.0. The van der Waals surface area contributed by atoms with Gasteiger partial charge in [0.2, 0.25) is 0 Å². The van der Waals surface area contributed by atoms with E-state index in [0.717, 1.165) is 29.5 Å². The van der Waals surface area contributed by atoms with E-state index in [0.29, 0.717) is 0 Å². The molecule has 0 aliphatic carbocycles. The largest absolute Gasteiger partial charge is 0.219 e. The van der Waals surface area contributed by atoms with Gasteiger partial charge in [0.25, 0.3) is 0 Å². The summed E-state index contributed by atoms with van der Waals surface area (Å²) in [6.07, 6.45) is 7.12. The molecule has 0 atom stereocenters. The van der Waals surface area contributed by atoms with Gasteiger partial charge >= 0.3 is 0 Å². The van der Waals surface area contributed by atoms with E-state index in [4.69, 9.17) is 0 Å². The lowest BCUT2D eigenvalue weighted by Gasteiger charge is -2.34. The molecule has 132 valence electrons. The number of allylic oxidation sites excluding steroid dienone is 3. The van der Waals surface area contributed by atoms with Crippen molar-refractivity contribution in [2.75, 3.05) is 0 Å². The number of aryl methyl sites for hydroxylation is 2. The molecular formula is C22H29N3. The van der Waals surface area contributed by atoms with Crippen LogP contribution in [-0.4, -0.2) is 15.0 Å². The molecule has 0 aliphatic rings. The van der Waals surface area contributed by atoms with Gasteiger partial charge in [0, 0.05) is 5.56 Å². The average Bonchev–Trinajstić information content (AvgIpc) is 2.51. The molecule has 25 heavy (non-hydrogen) atoms. The minimum atomic E-state index is 0.0299. The maximum absolute atomic E-state index is 4.50. The van der Waals surface area contributed by atoms with Crippen LogP contribution in [0.2, 0.25) is 0 Å². The smallest absolute Gasteiger partial charge is 0.163 e. The van der Waals surface area contributed by atoms with Gasteiger partial charge in [-0.2, -0.15) is 0 Å².